The molecule has 0 amide bonds. The van der Waals surface area contributed by atoms with Crippen molar-refractivity contribution in [2.45, 2.75) is 47.6 Å². The van der Waals surface area contributed by atoms with Gasteiger partial charge in [0.2, 0.25) is 0 Å². The Hall–Kier alpha value is -0.570. The van der Waals surface area contributed by atoms with E-state index in [1.807, 2.05) is 41.5 Å². The van der Waals surface area contributed by atoms with E-state index in [-0.39, 0.29) is 5.41 Å². The molecule has 0 saturated carbocycles. The van der Waals surface area contributed by atoms with Crippen LogP contribution in [0.15, 0.2) is 0 Å². The third-order valence-corrected chi connectivity index (χ3v) is 1.52. The van der Waals surface area contributed by atoms with Crippen molar-refractivity contribution in [3.8, 4) is 0 Å². The Labute approximate surface area is 81.5 Å². The van der Waals surface area contributed by atoms with Crippen LogP contribution in [0.25, 0.3) is 0 Å². The second-order valence-corrected chi connectivity index (χ2v) is 3.69. The van der Waals surface area contributed by atoms with Crippen LogP contribution in [0.4, 0.5) is 0 Å². The average molecular weight is 189 g/mol. The topological polar surface area (TPSA) is 49.3 Å². The number of nitrogens with one attached hydrogen (secondary N) is 1. The number of likely N-dealkylation sites (N-methyl/N-ethyl adjacent to an activating group) is 1. The molecular weight excluding hydrogens is 166 g/mol. The number of aliphatic carboxylic acids is 1. The first-order chi connectivity index (χ1) is 5.89. The van der Waals surface area contributed by atoms with E-state index in [4.69, 9.17) is 5.11 Å². The van der Waals surface area contributed by atoms with Crippen molar-refractivity contribution in [3.05, 3.63) is 0 Å². The molecule has 0 aliphatic heterocycles. The maximum absolute atomic E-state index is 10.7. The largest absolute Gasteiger partial charge is 0.480 e. The fraction of sp³-hybridized carbons (Fsp3) is 0.900. The summed E-state index contributed by atoms with van der Waals surface area (Å²) in [5, 5.41) is 11.7. The van der Waals surface area contributed by atoms with E-state index in [2.05, 4.69) is 5.32 Å². The molecule has 3 heteroatoms. The Morgan fingerprint density at radius 2 is 1.77 bits per heavy atom. The van der Waals surface area contributed by atoms with E-state index in [1.54, 1.807) is 0 Å². The first-order valence-electron chi connectivity index (χ1n) is 4.85. The zero-order chi connectivity index (χ0) is 11.1. The predicted molar refractivity (Wildman–Crippen MR) is 55.9 cm³/mol. The van der Waals surface area contributed by atoms with E-state index in [9.17, 15) is 4.79 Å². The Balaban J connectivity index is 0. The fourth-order valence-corrected chi connectivity index (χ4v) is 0.968. The number of carboxylic acid groups (broad SMARTS) is 1. The van der Waals surface area contributed by atoms with Crippen molar-refractivity contribution in [2.75, 3.05) is 6.54 Å². The van der Waals surface area contributed by atoms with Crippen LogP contribution in [0, 0.1) is 5.41 Å². The molecule has 0 bridgehead atoms. The first kappa shape index (κ1) is 14.9. The molecule has 0 radical (unpaired) electrons. The Kier molecular flexibility index (Phi) is 7.92. The van der Waals surface area contributed by atoms with Crippen molar-refractivity contribution < 1.29 is 9.90 Å². The standard InChI is InChI=1S/C8H17NO2.C2H6/c1-5-9-6(7(10)11)8(2,3)4;1-2/h6,9H,5H2,1-4H3,(H,10,11);1-2H3. The highest BCUT2D eigenvalue weighted by Gasteiger charge is 2.29. The summed E-state index contributed by atoms with van der Waals surface area (Å²) >= 11 is 0. The molecule has 2 N–H and O–H groups in total. The van der Waals surface area contributed by atoms with E-state index >= 15 is 0 Å². The second kappa shape index (κ2) is 6.89. The van der Waals surface area contributed by atoms with Gasteiger partial charge in [0.05, 0.1) is 0 Å². The van der Waals surface area contributed by atoms with Gasteiger partial charge in [-0.15, -0.1) is 0 Å². The van der Waals surface area contributed by atoms with E-state index in [0.717, 1.165) is 0 Å². The molecule has 0 rings (SSSR count). The lowest BCUT2D eigenvalue weighted by molar-refractivity contribution is -0.142. The van der Waals surface area contributed by atoms with Crippen molar-refractivity contribution in [1.82, 2.24) is 5.32 Å². The van der Waals surface area contributed by atoms with Crippen molar-refractivity contribution in [3.63, 3.8) is 0 Å². The van der Waals surface area contributed by atoms with Crippen LogP contribution in [0.3, 0.4) is 0 Å². The number of rotatable bonds is 3. The minimum Gasteiger partial charge on any atom is -0.480 e. The second-order valence-electron chi connectivity index (χ2n) is 3.69. The molecule has 3 nitrogen and oxygen atoms in total. The van der Waals surface area contributed by atoms with E-state index in [0.29, 0.717) is 6.54 Å². The first-order valence-corrected chi connectivity index (χ1v) is 4.85. The maximum Gasteiger partial charge on any atom is 0.321 e. The average Bonchev–Trinajstić information content (AvgIpc) is 2.01. The molecule has 0 aliphatic rings. The molecule has 80 valence electrons. The van der Waals surface area contributed by atoms with Gasteiger partial charge in [-0.3, -0.25) is 4.79 Å². The Bertz CT molecular complexity index is 138. The van der Waals surface area contributed by atoms with Gasteiger partial charge in [0.15, 0.2) is 0 Å². The maximum atomic E-state index is 10.7. The zero-order valence-electron chi connectivity index (χ0n) is 9.64. The van der Waals surface area contributed by atoms with Crippen LogP contribution in [0.2, 0.25) is 0 Å². The molecule has 0 fully saturated rings. The lowest BCUT2D eigenvalue weighted by Gasteiger charge is -2.27. The highest BCUT2D eigenvalue weighted by atomic mass is 16.4. The van der Waals surface area contributed by atoms with Crippen molar-refractivity contribution in [1.29, 1.82) is 0 Å². The summed E-state index contributed by atoms with van der Waals surface area (Å²) in [6.45, 7) is 12.3. The summed E-state index contributed by atoms with van der Waals surface area (Å²) in [6, 6.07) is -0.451. The van der Waals surface area contributed by atoms with Gasteiger partial charge in [0, 0.05) is 0 Å². The summed E-state index contributed by atoms with van der Waals surface area (Å²) < 4.78 is 0. The van der Waals surface area contributed by atoms with Crippen LogP contribution < -0.4 is 5.32 Å². The summed E-state index contributed by atoms with van der Waals surface area (Å²) in [6.07, 6.45) is 0. The molecule has 0 aliphatic carbocycles. The Morgan fingerprint density at radius 3 is 1.85 bits per heavy atom. The Morgan fingerprint density at radius 1 is 1.38 bits per heavy atom. The third-order valence-electron chi connectivity index (χ3n) is 1.52. The van der Waals surface area contributed by atoms with E-state index in [1.165, 1.54) is 0 Å². The van der Waals surface area contributed by atoms with Gasteiger partial charge >= 0.3 is 5.97 Å². The highest BCUT2D eigenvalue weighted by Crippen LogP contribution is 2.18. The third kappa shape index (κ3) is 6.58. The smallest absolute Gasteiger partial charge is 0.321 e. The quantitative estimate of drug-likeness (QED) is 0.715. The van der Waals surface area contributed by atoms with Crippen LogP contribution >= 0.6 is 0 Å². The lowest BCUT2D eigenvalue weighted by atomic mass is 9.87. The molecule has 0 heterocycles. The number of carboxylic acids is 1. The molecule has 0 aromatic rings. The molecule has 1 unspecified atom stereocenters. The SMILES string of the molecule is CC.CCNC(C(=O)O)C(C)(C)C. The molecule has 13 heavy (non-hydrogen) atoms. The monoisotopic (exact) mass is 189 g/mol. The minimum absolute atomic E-state index is 0.220. The van der Waals surface area contributed by atoms with Gasteiger partial charge in [0.25, 0.3) is 0 Å². The summed E-state index contributed by atoms with van der Waals surface area (Å²) in [4.78, 5) is 10.7. The summed E-state index contributed by atoms with van der Waals surface area (Å²) in [5.41, 5.74) is -0.220. The number of hydrogen-bond acceptors (Lipinski definition) is 2. The van der Waals surface area contributed by atoms with Crippen molar-refractivity contribution in [2.24, 2.45) is 5.41 Å². The minimum atomic E-state index is -0.778. The summed E-state index contributed by atoms with van der Waals surface area (Å²) in [7, 11) is 0. The fourth-order valence-electron chi connectivity index (χ4n) is 0.968. The lowest BCUT2D eigenvalue weighted by Crippen LogP contribution is -2.46. The molecular formula is C10H23NO2. The van der Waals surface area contributed by atoms with Gasteiger partial charge in [0.1, 0.15) is 6.04 Å². The van der Waals surface area contributed by atoms with E-state index < -0.39 is 12.0 Å². The number of carbonyl (C=O) groups is 1. The van der Waals surface area contributed by atoms with Gasteiger partial charge in [-0.25, -0.2) is 0 Å². The van der Waals surface area contributed by atoms with Crippen LogP contribution in [-0.4, -0.2) is 23.7 Å². The van der Waals surface area contributed by atoms with Crippen LogP contribution in [0.5, 0.6) is 0 Å². The summed E-state index contributed by atoms with van der Waals surface area (Å²) in [5.74, 6) is -0.778. The zero-order valence-corrected chi connectivity index (χ0v) is 9.64. The normalized spacial score (nSPS) is 12.8. The van der Waals surface area contributed by atoms with Gasteiger partial charge in [-0.1, -0.05) is 41.5 Å². The molecule has 0 aromatic heterocycles. The van der Waals surface area contributed by atoms with Gasteiger partial charge < -0.3 is 10.4 Å². The molecule has 0 spiro atoms. The van der Waals surface area contributed by atoms with Gasteiger partial charge in [-0.05, 0) is 12.0 Å². The van der Waals surface area contributed by atoms with Crippen LogP contribution in [0.1, 0.15) is 41.5 Å². The predicted octanol–water partition coefficient (Wildman–Crippen LogP) is 2.12. The van der Waals surface area contributed by atoms with Crippen molar-refractivity contribution >= 4 is 5.97 Å². The molecule has 1 atom stereocenters. The molecule has 0 saturated heterocycles. The highest BCUT2D eigenvalue weighted by molar-refractivity contribution is 5.74. The van der Waals surface area contributed by atoms with Crippen LogP contribution in [-0.2, 0) is 4.79 Å². The number of hydrogen-bond donors (Lipinski definition) is 2. The molecule has 0 aromatic carbocycles. The van der Waals surface area contributed by atoms with Gasteiger partial charge in [-0.2, -0.15) is 0 Å².